The first kappa shape index (κ1) is 25.1. The quantitative estimate of drug-likeness (QED) is 0.226. The molecule has 1 saturated heterocycles. The SMILES string of the molecule is CCN(CC)CCCC(C)NC(=NCc1ccc([N+](=O)[O-])cc1)NCC1CCCCO1. The van der Waals surface area contributed by atoms with Crippen molar-refractivity contribution in [1.82, 2.24) is 15.5 Å². The van der Waals surface area contributed by atoms with E-state index in [0.29, 0.717) is 12.6 Å². The Kier molecular flexibility index (Phi) is 11.3. The Hall–Kier alpha value is -2.19. The highest BCUT2D eigenvalue weighted by Crippen LogP contribution is 2.13. The summed E-state index contributed by atoms with van der Waals surface area (Å²) < 4.78 is 5.83. The van der Waals surface area contributed by atoms with Crippen molar-refractivity contribution in [3.63, 3.8) is 0 Å². The summed E-state index contributed by atoms with van der Waals surface area (Å²) in [5.41, 5.74) is 1.04. The van der Waals surface area contributed by atoms with E-state index in [1.807, 2.05) is 0 Å². The molecule has 1 aromatic rings. The van der Waals surface area contributed by atoms with Gasteiger partial charge in [0.25, 0.3) is 5.69 Å². The van der Waals surface area contributed by atoms with Crippen molar-refractivity contribution < 1.29 is 9.66 Å². The van der Waals surface area contributed by atoms with E-state index in [2.05, 4.69) is 36.3 Å². The minimum Gasteiger partial charge on any atom is -0.376 e. The number of nitrogens with one attached hydrogen (secondary N) is 2. The van der Waals surface area contributed by atoms with Gasteiger partial charge in [-0.1, -0.05) is 26.0 Å². The number of hydrogen-bond acceptors (Lipinski definition) is 5. The Morgan fingerprint density at radius 3 is 2.65 bits per heavy atom. The van der Waals surface area contributed by atoms with Crippen molar-refractivity contribution >= 4 is 11.6 Å². The Labute approximate surface area is 186 Å². The first-order valence-electron chi connectivity index (χ1n) is 11.6. The average molecular weight is 434 g/mol. The zero-order valence-corrected chi connectivity index (χ0v) is 19.3. The summed E-state index contributed by atoms with van der Waals surface area (Å²) in [5.74, 6) is 0.767. The molecule has 31 heavy (non-hydrogen) atoms. The van der Waals surface area contributed by atoms with Gasteiger partial charge in [0.15, 0.2) is 5.96 Å². The molecule has 8 nitrogen and oxygen atoms in total. The van der Waals surface area contributed by atoms with E-state index >= 15 is 0 Å². The Morgan fingerprint density at radius 2 is 2.03 bits per heavy atom. The highest BCUT2D eigenvalue weighted by atomic mass is 16.6. The molecule has 1 heterocycles. The van der Waals surface area contributed by atoms with Crippen LogP contribution in [0.15, 0.2) is 29.3 Å². The normalized spacial score (nSPS) is 18.1. The third-order valence-electron chi connectivity index (χ3n) is 5.73. The molecular weight excluding hydrogens is 394 g/mol. The molecule has 1 fully saturated rings. The largest absolute Gasteiger partial charge is 0.376 e. The molecule has 174 valence electrons. The lowest BCUT2D eigenvalue weighted by atomic mass is 10.1. The summed E-state index contributed by atoms with van der Waals surface area (Å²) in [6.07, 6.45) is 5.84. The third kappa shape index (κ3) is 9.65. The van der Waals surface area contributed by atoms with E-state index in [1.54, 1.807) is 12.1 Å². The average Bonchev–Trinajstić information content (AvgIpc) is 2.79. The van der Waals surface area contributed by atoms with Crippen molar-refractivity contribution in [1.29, 1.82) is 0 Å². The van der Waals surface area contributed by atoms with E-state index in [-0.39, 0.29) is 16.7 Å². The van der Waals surface area contributed by atoms with Crippen molar-refractivity contribution in [3.05, 3.63) is 39.9 Å². The van der Waals surface area contributed by atoms with Crippen LogP contribution in [0.4, 0.5) is 5.69 Å². The van der Waals surface area contributed by atoms with Gasteiger partial charge in [0.2, 0.25) is 0 Å². The number of ether oxygens (including phenoxy) is 1. The van der Waals surface area contributed by atoms with Gasteiger partial charge in [-0.3, -0.25) is 10.1 Å². The predicted molar refractivity (Wildman–Crippen MR) is 125 cm³/mol. The Bertz CT molecular complexity index is 670. The first-order valence-corrected chi connectivity index (χ1v) is 11.6. The van der Waals surface area contributed by atoms with E-state index < -0.39 is 0 Å². The van der Waals surface area contributed by atoms with Crippen LogP contribution in [0.3, 0.4) is 0 Å². The number of rotatable bonds is 12. The van der Waals surface area contributed by atoms with Crippen molar-refractivity contribution in [2.45, 2.75) is 71.6 Å². The predicted octanol–water partition coefficient (Wildman–Crippen LogP) is 3.71. The fraction of sp³-hybridized carbons (Fsp3) is 0.696. The molecule has 8 heteroatoms. The van der Waals surface area contributed by atoms with E-state index in [0.717, 1.165) is 70.0 Å². The van der Waals surface area contributed by atoms with E-state index in [9.17, 15) is 10.1 Å². The molecule has 1 aromatic carbocycles. The number of nitro benzene ring substituents is 1. The maximum atomic E-state index is 10.8. The van der Waals surface area contributed by atoms with Gasteiger partial charge in [-0.25, -0.2) is 4.99 Å². The van der Waals surface area contributed by atoms with Crippen molar-refractivity contribution in [2.75, 3.05) is 32.8 Å². The van der Waals surface area contributed by atoms with Gasteiger partial charge in [-0.05, 0) is 64.2 Å². The summed E-state index contributed by atoms with van der Waals surface area (Å²) in [6.45, 7) is 11.9. The van der Waals surface area contributed by atoms with Crippen LogP contribution in [0.5, 0.6) is 0 Å². The molecule has 0 aliphatic carbocycles. The minimum absolute atomic E-state index is 0.0977. The maximum Gasteiger partial charge on any atom is 0.269 e. The number of hydrogen-bond donors (Lipinski definition) is 2. The molecule has 2 N–H and O–H groups in total. The van der Waals surface area contributed by atoms with Gasteiger partial charge in [0, 0.05) is 31.3 Å². The first-order chi connectivity index (χ1) is 15.0. The molecule has 2 rings (SSSR count). The molecule has 2 unspecified atom stereocenters. The molecule has 0 saturated carbocycles. The zero-order valence-electron chi connectivity index (χ0n) is 19.3. The summed E-state index contributed by atoms with van der Waals surface area (Å²) in [4.78, 5) is 17.6. The summed E-state index contributed by atoms with van der Waals surface area (Å²) in [7, 11) is 0. The smallest absolute Gasteiger partial charge is 0.269 e. The number of guanidine groups is 1. The molecular formula is C23H39N5O3. The Balaban J connectivity index is 1.92. The van der Waals surface area contributed by atoms with E-state index in [4.69, 9.17) is 9.73 Å². The number of nitro groups is 1. The summed E-state index contributed by atoms with van der Waals surface area (Å²) in [5, 5.41) is 17.8. The van der Waals surface area contributed by atoms with E-state index in [1.165, 1.54) is 18.6 Å². The molecule has 2 atom stereocenters. The monoisotopic (exact) mass is 433 g/mol. The molecule has 1 aliphatic heterocycles. The van der Waals surface area contributed by atoms with Crippen molar-refractivity contribution in [2.24, 2.45) is 4.99 Å². The summed E-state index contributed by atoms with van der Waals surface area (Å²) >= 11 is 0. The number of benzene rings is 1. The van der Waals surface area contributed by atoms with Crippen molar-refractivity contribution in [3.8, 4) is 0 Å². The number of non-ortho nitro benzene ring substituents is 1. The molecule has 0 radical (unpaired) electrons. The van der Waals surface area contributed by atoms with Crippen LogP contribution < -0.4 is 10.6 Å². The maximum absolute atomic E-state index is 10.8. The van der Waals surface area contributed by atoms with Crippen LogP contribution >= 0.6 is 0 Å². The molecule has 0 bridgehead atoms. The molecule has 1 aliphatic rings. The van der Waals surface area contributed by atoms with Gasteiger partial charge >= 0.3 is 0 Å². The highest BCUT2D eigenvalue weighted by molar-refractivity contribution is 5.80. The fourth-order valence-corrected chi connectivity index (χ4v) is 3.69. The second-order valence-electron chi connectivity index (χ2n) is 8.17. The number of aliphatic imine (C=N–C) groups is 1. The van der Waals surface area contributed by atoms with Gasteiger partial charge < -0.3 is 20.3 Å². The Morgan fingerprint density at radius 1 is 1.29 bits per heavy atom. The van der Waals surface area contributed by atoms with Crippen LogP contribution in [-0.4, -0.2) is 60.7 Å². The van der Waals surface area contributed by atoms with Gasteiger partial charge in [-0.15, -0.1) is 0 Å². The zero-order chi connectivity index (χ0) is 22.5. The third-order valence-corrected chi connectivity index (χ3v) is 5.73. The topological polar surface area (TPSA) is 92.0 Å². The molecule has 0 aromatic heterocycles. The minimum atomic E-state index is -0.383. The lowest BCUT2D eigenvalue weighted by Gasteiger charge is -2.25. The standard InChI is InChI=1S/C23H39N5O3/c1-4-27(5-2)15-8-9-19(3)26-23(25-18-22-10-6-7-16-31-22)24-17-20-11-13-21(14-12-20)28(29)30/h11-14,19,22H,4-10,15-18H2,1-3H3,(H2,24,25,26). The summed E-state index contributed by atoms with van der Waals surface area (Å²) in [6, 6.07) is 6.87. The highest BCUT2D eigenvalue weighted by Gasteiger charge is 2.15. The molecule has 0 spiro atoms. The molecule has 0 amide bonds. The van der Waals surface area contributed by atoms with Gasteiger partial charge in [-0.2, -0.15) is 0 Å². The van der Waals surface area contributed by atoms with Crippen LogP contribution in [-0.2, 0) is 11.3 Å². The van der Waals surface area contributed by atoms with Crippen LogP contribution in [0.25, 0.3) is 0 Å². The second kappa shape index (κ2) is 14.0. The van der Waals surface area contributed by atoms with Crippen LogP contribution in [0.1, 0.15) is 58.4 Å². The number of nitrogens with zero attached hydrogens (tertiary/aromatic N) is 3. The fourth-order valence-electron chi connectivity index (χ4n) is 3.69. The van der Waals surface area contributed by atoms with Crippen LogP contribution in [0, 0.1) is 10.1 Å². The van der Waals surface area contributed by atoms with Crippen LogP contribution in [0.2, 0.25) is 0 Å². The van der Waals surface area contributed by atoms with Gasteiger partial charge in [0.05, 0.1) is 17.6 Å². The lowest BCUT2D eigenvalue weighted by Crippen LogP contribution is -2.46. The van der Waals surface area contributed by atoms with Gasteiger partial charge in [0.1, 0.15) is 0 Å². The lowest BCUT2D eigenvalue weighted by molar-refractivity contribution is -0.384. The second-order valence-corrected chi connectivity index (χ2v) is 8.17.